The van der Waals surface area contributed by atoms with Gasteiger partial charge in [0.1, 0.15) is 17.1 Å². The molecule has 148 valence electrons. The number of methoxy groups -OCH3 is 1. The molecule has 0 radical (unpaired) electrons. The molecule has 2 aromatic carbocycles. The normalized spacial score (nSPS) is 14.3. The zero-order valence-corrected chi connectivity index (χ0v) is 17.0. The van der Waals surface area contributed by atoms with Crippen LogP contribution in [-0.4, -0.2) is 33.5 Å². The van der Waals surface area contributed by atoms with Gasteiger partial charge in [-0.1, -0.05) is 12.1 Å². The second-order valence-electron chi connectivity index (χ2n) is 7.66. The number of fused-ring (bicyclic) bond motifs is 2. The van der Waals surface area contributed by atoms with E-state index in [9.17, 15) is 0 Å². The van der Waals surface area contributed by atoms with Crippen LogP contribution >= 0.6 is 0 Å². The molecule has 29 heavy (non-hydrogen) atoms. The molecule has 0 bridgehead atoms. The lowest BCUT2D eigenvalue weighted by molar-refractivity contribution is 0.241. The van der Waals surface area contributed by atoms with E-state index < -0.39 is 0 Å². The van der Waals surface area contributed by atoms with Crippen molar-refractivity contribution in [1.82, 2.24) is 19.9 Å². The minimum absolute atomic E-state index is 0.677. The first-order chi connectivity index (χ1) is 14.1. The van der Waals surface area contributed by atoms with E-state index in [0.717, 1.165) is 59.9 Å². The first kappa shape index (κ1) is 17.9. The number of nitrogens with zero attached hydrogens (tertiary/aromatic N) is 3. The number of aromatic nitrogens is 3. The van der Waals surface area contributed by atoms with Crippen LogP contribution < -0.4 is 4.74 Å². The molecule has 6 nitrogen and oxygen atoms in total. The topological polar surface area (TPSA) is 67.2 Å². The monoisotopic (exact) mass is 388 g/mol. The van der Waals surface area contributed by atoms with E-state index in [-0.39, 0.29) is 0 Å². The molecule has 1 N–H and O–H groups in total. The number of rotatable bonds is 4. The molecule has 0 atom stereocenters. The lowest BCUT2D eigenvalue weighted by Gasteiger charge is -2.26. The summed E-state index contributed by atoms with van der Waals surface area (Å²) in [4.78, 5) is 14.9. The molecule has 0 fully saturated rings. The molecular weight excluding hydrogens is 364 g/mol. The van der Waals surface area contributed by atoms with Gasteiger partial charge in [0.25, 0.3) is 0 Å². The van der Waals surface area contributed by atoms with Gasteiger partial charge >= 0.3 is 0 Å². The highest BCUT2D eigenvalue weighted by atomic mass is 16.5. The van der Waals surface area contributed by atoms with Gasteiger partial charge in [0, 0.05) is 38.5 Å². The summed E-state index contributed by atoms with van der Waals surface area (Å²) in [6, 6.07) is 12.5. The average molecular weight is 388 g/mol. The number of hydrogen-bond acceptors (Lipinski definition) is 5. The van der Waals surface area contributed by atoms with Gasteiger partial charge in [0.05, 0.1) is 18.5 Å². The van der Waals surface area contributed by atoms with E-state index in [2.05, 4.69) is 50.2 Å². The Hall–Kier alpha value is -3.12. The van der Waals surface area contributed by atoms with Crippen LogP contribution in [0.5, 0.6) is 5.75 Å². The maximum absolute atomic E-state index is 5.64. The SMILES string of the molecule is COc1ccc(CN2CCc3nc(C)[nH]c3C2)cc1-c1ccc2oc(C)nc2c1. The van der Waals surface area contributed by atoms with Crippen LogP contribution in [0.1, 0.15) is 28.7 Å². The third-order valence-corrected chi connectivity index (χ3v) is 5.50. The van der Waals surface area contributed by atoms with E-state index >= 15 is 0 Å². The van der Waals surface area contributed by atoms with Crippen LogP contribution in [-0.2, 0) is 19.5 Å². The summed E-state index contributed by atoms with van der Waals surface area (Å²) in [6.07, 6.45) is 0.991. The van der Waals surface area contributed by atoms with Crippen LogP contribution in [0.3, 0.4) is 0 Å². The predicted octanol–water partition coefficient (Wildman–Crippen LogP) is 4.40. The van der Waals surface area contributed by atoms with Crippen molar-refractivity contribution in [2.45, 2.75) is 33.4 Å². The number of imidazole rings is 1. The van der Waals surface area contributed by atoms with Crippen molar-refractivity contribution in [2.24, 2.45) is 0 Å². The van der Waals surface area contributed by atoms with E-state index in [1.165, 1.54) is 17.0 Å². The van der Waals surface area contributed by atoms with Gasteiger partial charge in [0.2, 0.25) is 0 Å². The van der Waals surface area contributed by atoms with Crippen LogP contribution in [0.4, 0.5) is 0 Å². The zero-order valence-electron chi connectivity index (χ0n) is 17.0. The molecule has 0 aliphatic carbocycles. The van der Waals surface area contributed by atoms with E-state index in [0.29, 0.717) is 5.89 Å². The van der Waals surface area contributed by atoms with Crippen molar-refractivity contribution in [3.05, 3.63) is 65.1 Å². The number of nitrogens with one attached hydrogen (secondary N) is 1. The Morgan fingerprint density at radius 2 is 2.03 bits per heavy atom. The summed E-state index contributed by atoms with van der Waals surface area (Å²) >= 11 is 0. The van der Waals surface area contributed by atoms with E-state index in [1.54, 1.807) is 7.11 Å². The molecule has 0 spiro atoms. The Labute approximate surface area is 169 Å². The standard InChI is InChI=1S/C23H24N4O2/c1-14-24-19-8-9-27(13-21(19)25-14)12-16-4-6-22(28-3)18(10-16)17-5-7-23-20(11-17)26-15(2)29-23/h4-7,10-11H,8-9,12-13H2,1-3H3,(H,24,25). The minimum atomic E-state index is 0.677. The third kappa shape index (κ3) is 3.40. The highest BCUT2D eigenvalue weighted by molar-refractivity contribution is 5.82. The Bertz CT molecular complexity index is 1190. The van der Waals surface area contributed by atoms with Crippen LogP contribution in [0, 0.1) is 13.8 Å². The van der Waals surface area contributed by atoms with Gasteiger partial charge in [0.15, 0.2) is 11.5 Å². The number of hydrogen-bond donors (Lipinski definition) is 1. The number of aromatic amines is 1. The number of benzene rings is 2. The molecule has 4 aromatic rings. The van der Waals surface area contributed by atoms with Crippen molar-refractivity contribution < 1.29 is 9.15 Å². The highest BCUT2D eigenvalue weighted by Gasteiger charge is 2.20. The Morgan fingerprint density at radius 3 is 2.90 bits per heavy atom. The number of H-pyrrole nitrogens is 1. The van der Waals surface area contributed by atoms with Crippen molar-refractivity contribution in [1.29, 1.82) is 0 Å². The maximum Gasteiger partial charge on any atom is 0.192 e. The molecular formula is C23H24N4O2. The van der Waals surface area contributed by atoms with Crippen LogP contribution in [0.2, 0.25) is 0 Å². The number of aryl methyl sites for hydroxylation is 2. The fourth-order valence-electron chi connectivity index (χ4n) is 4.18. The quantitative estimate of drug-likeness (QED) is 0.561. The number of ether oxygens (including phenoxy) is 1. The van der Waals surface area contributed by atoms with Gasteiger partial charge in [-0.2, -0.15) is 0 Å². The fourth-order valence-corrected chi connectivity index (χ4v) is 4.18. The average Bonchev–Trinajstić information content (AvgIpc) is 3.27. The summed E-state index contributed by atoms with van der Waals surface area (Å²) in [7, 11) is 1.71. The van der Waals surface area contributed by atoms with Gasteiger partial charge in [-0.05, 0) is 42.3 Å². The second-order valence-corrected chi connectivity index (χ2v) is 7.66. The van der Waals surface area contributed by atoms with E-state index in [1.807, 2.05) is 19.9 Å². The molecule has 0 unspecified atom stereocenters. The first-order valence-electron chi connectivity index (χ1n) is 9.90. The molecule has 1 aliphatic heterocycles. The van der Waals surface area contributed by atoms with Gasteiger partial charge in [-0.3, -0.25) is 4.90 Å². The van der Waals surface area contributed by atoms with Crippen molar-refractivity contribution >= 4 is 11.1 Å². The molecule has 5 rings (SSSR count). The van der Waals surface area contributed by atoms with Crippen molar-refractivity contribution in [2.75, 3.05) is 13.7 Å². The Kier molecular flexibility index (Phi) is 4.36. The highest BCUT2D eigenvalue weighted by Crippen LogP contribution is 2.33. The van der Waals surface area contributed by atoms with Crippen molar-refractivity contribution in [3.8, 4) is 16.9 Å². The predicted molar refractivity (Wildman–Crippen MR) is 112 cm³/mol. The van der Waals surface area contributed by atoms with Gasteiger partial charge in [-0.25, -0.2) is 9.97 Å². The summed E-state index contributed by atoms with van der Waals surface area (Å²) in [6.45, 7) is 6.70. The van der Waals surface area contributed by atoms with E-state index in [4.69, 9.17) is 9.15 Å². The molecule has 0 saturated carbocycles. The van der Waals surface area contributed by atoms with Crippen molar-refractivity contribution in [3.63, 3.8) is 0 Å². The first-order valence-corrected chi connectivity index (χ1v) is 9.90. The lowest BCUT2D eigenvalue weighted by atomic mass is 10.0. The number of oxazole rings is 1. The molecule has 0 saturated heterocycles. The molecule has 3 heterocycles. The maximum atomic E-state index is 5.64. The summed E-state index contributed by atoms with van der Waals surface area (Å²) in [5, 5.41) is 0. The van der Waals surface area contributed by atoms with Crippen LogP contribution in [0.25, 0.3) is 22.2 Å². The largest absolute Gasteiger partial charge is 0.496 e. The minimum Gasteiger partial charge on any atom is -0.496 e. The Balaban J connectivity index is 1.44. The Morgan fingerprint density at radius 1 is 1.14 bits per heavy atom. The van der Waals surface area contributed by atoms with Gasteiger partial charge in [-0.15, -0.1) is 0 Å². The summed E-state index contributed by atoms with van der Waals surface area (Å²) in [5.74, 6) is 2.54. The fraction of sp³-hybridized carbons (Fsp3) is 0.304. The lowest BCUT2D eigenvalue weighted by Crippen LogP contribution is -2.30. The molecule has 0 amide bonds. The van der Waals surface area contributed by atoms with Crippen LogP contribution in [0.15, 0.2) is 40.8 Å². The summed E-state index contributed by atoms with van der Waals surface area (Å²) < 4.78 is 11.3. The molecule has 1 aliphatic rings. The third-order valence-electron chi connectivity index (χ3n) is 5.50. The second kappa shape index (κ2) is 7.04. The molecule has 6 heteroatoms. The zero-order chi connectivity index (χ0) is 20.0. The molecule has 2 aromatic heterocycles. The smallest absolute Gasteiger partial charge is 0.192 e. The summed E-state index contributed by atoms with van der Waals surface area (Å²) in [5.41, 5.74) is 7.54. The van der Waals surface area contributed by atoms with Gasteiger partial charge < -0.3 is 14.1 Å².